The molecule has 2 atom stereocenters. The monoisotopic (exact) mass is 222 g/mol. The Kier molecular flexibility index (Phi) is 3.56. The highest BCUT2D eigenvalue weighted by Gasteiger charge is 2.33. The molecule has 1 saturated heterocycles. The molecule has 0 spiro atoms. The number of hydrogen-bond acceptors (Lipinski definition) is 2. The second-order valence-electron chi connectivity index (χ2n) is 4.45. The van der Waals surface area contributed by atoms with E-state index in [2.05, 4.69) is 11.8 Å². The van der Waals surface area contributed by atoms with E-state index < -0.39 is 0 Å². The van der Waals surface area contributed by atoms with E-state index in [4.69, 9.17) is 5.73 Å². The van der Waals surface area contributed by atoms with Gasteiger partial charge in [-0.2, -0.15) is 0 Å². The first kappa shape index (κ1) is 11.6. The molecule has 2 rings (SSSR count). The quantitative estimate of drug-likeness (QED) is 0.850. The first-order valence-corrected chi connectivity index (χ1v) is 5.98. The normalized spacial score (nSPS) is 26.2. The van der Waals surface area contributed by atoms with E-state index in [1.807, 2.05) is 12.1 Å². The first-order chi connectivity index (χ1) is 7.74. The van der Waals surface area contributed by atoms with Gasteiger partial charge in [-0.05, 0) is 25.5 Å². The molecule has 0 aromatic heterocycles. The van der Waals surface area contributed by atoms with E-state index in [-0.39, 0.29) is 17.9 Å². The van der Waals surface area contributed by atoms with Crippen molar-refractivity contribution in [3.8, 4) is 0 Å². The van der Waals surface area contributed by atoms with Crippen LogP contribution in [0.3, 0.4) is 0 Å². The van der Waals surface area contributed by atoms with Crippen molar-refractivity contribution >= 4 is 0 Å². The third-order valence-corrected chi connectivity index (χ3v) is 3.28. The SMILES string of the molecule is CCCN1CCC(N)C1c1ccccc1F. The smallest absolute Gasteiger partial charge is 0.128 e. The Morgan fingerprint density at radius 2 is 2.19 bits per heavy atom. The average molecular weight is 222 g/mol. The highest BCUT2D eigenvalue weighted by Crippen LogP contribution is 2.32. The van der Waals surface area contributed by atoms with Crippen molar-refractivity contribution in [1.29, 1.82) is 0 Å². The molecule has 2 unspecified atom stereocenters. The molecular weight excluding hydrogens is 203 g/mol. The number of nitrogens with zero attached hydrogens (tertiary/aromatic N) is 1. The molecule has 1 aromatic carbocycles. The van der Waals surface area contributed by atoms with Gasteiger partial charge in [0.15, 0.2) is 0 Å². The number of nitrogens with two attached hydrogens (primary N) is 1. The van der Waals surface area contributed by atoms with Crippen LogP contribution in [-0.4, -0.2) is 24.0 Å². The predicted octanol–water partition coefficient (Wildman–Crippen LogP) is 2.31. The first-order valence-electron chi connectivity index (χ1n) is 5.98. The Balaban J connectivity index is 2.26. The van der Waals surface area contributed by atoms with Crippen LogP contribution in [0.25, 0.3) is 0 Å². The van der Waals surface area contributed by atoms with Gasteiger partial charge in [0.25, 0.3) is 0 Å². The number of hydrogen-bond donors (Lipinski definition) is 1. The average Bonchev–Trinajstić information content (AvgIpc) is 2.62. The van der Waals surface area contributed by atoms with E-state index in [1.165, 1.54) is 6.07 Å². The van der Waals surface area contributed by atoms with E-state index in [1.54, 1.807) is 6.07 Å². The van der Waals surface area contributed by atoms with Crippen molar-refractivity contribution in [3.05, 3.63) is 35.6 Å². The Morgan fingerprint density at radius 3 is 2.88 bits per heavy atom. The van der Waals surface area contributed by atoms with Gasteiger partial charge in [0.2, 0.25) is 0 Å². The second kappa shape index (κ2) is 4.93. The molecule has 16 heavy (non-hydrogen) atoms. The van der Waals surface area contributed by atoms with Crippen LogP contribution in [0.1, 0.15) is 31.4 Å². The maximum Gasteiger partial charge on any atom is 0.128 e. The summed E-state index contributed by atoms with van der Waals surface area (Å²) in [6.45, 7) is 4.11. The molecule has 1 aliphatic heterocycles. The van der Waals surface area contributed by atoms with Crippen LogP contribution >= 0.6 is 0 Å². The van der Waals surface area contributed by atoms with Crippen molar-refractivity contribution in [2.75, 3.05) is 13.1 Å². The van der Waals surface area contributed by atoms with E-state index >= 15 is 0 Å². The second-order valence-corrected chi connectivity index (χ2v) is 4.45. The standard InChI is InChI=1S/C13H19FN2/c1-2-8-16-9-7-12(15)13(16)10-5-3-4-6-11(10)14/h3-6,12-13H,2,7-9,15H2,1H3. The van der Waals surface area contributed by atoms with Gasteiger partial charge < -0.3 is 5.73 Å². The Morgan fingerprint density at radius 1 is 1.44 bits per heavy atom. The molecule has 88 valence electrons. The maximum atomic E-state index is 13.7. The Bertz CT molecular complexity index is 352. The number of benzene rings is 1. The molecule has 1 fully saturated rings. The van der Waals surface area contributed by atoms with Crippen LogP contribution in [-0.2, 0) is 0 Å². The van der Waals surface area contributed by atoms with Crippen LogP contribution in [0.2, 0.25) is 0 Å². The highest BCUT2D eigenvalue weighted by molar-refractivity contribution is 5.24. The van der Waals surface area contributed by atoms with Gasteiger partial charge in [-0.1, -0.05) is 25.1 Å². The third-order valence-electron chi connectivity index (χ3n) is 3.28. The summed E-state index contributed by atoms with van der Waals surface area (Å²) in [5.41, 5.74) is 6.84. The van der Waals surface area contributed by atoms with Crippen molar-refractivity contribution in [1.82, 2.24) is 4.90 Å². The Hall–Kier alpha value is -0.930. The summed E-state index contributed by atoms with van der Waals surface area (Å²) in [5.74, 6) is -0.133. The lowest BCUT2D eigenvalue weighted by Gasteiger charge is -2.27. The molecule has 1 aromatic rings. The minimum atomic E-state index is -0.133. The molecule has 0 aliphatic carbocycles. The number of rotatable bonds is 3. The third kappa shape index (κ3) is 2.11. The van der Waals surface area contributed by atoms with Crippen LogP contribution in [0, 0.1) is 5.82 Å². The molecule has 0 radical (unpaired) electrons. The van der Waals surface area contributed by atoms with E-state index in [0.717, 1.165) is 31.5 Å². The summed E-state index contributed by atoms with van der Waals surface area (Å²) in [6.07, 6.45) is 2.04. The van der Waals surface area contributed by atoms with E-state index in [9.17, 15) is 4.39 Å². The summed E-state index contributed by atoms with van der Waals surface area (Å²) in [4.78, 5) is 2.29. The van der Waals surface area contributed by atoms with Crippen molar-refractivity contribution in [3.63, 3.8) is 0 Å². The minimum Gasteiger partial charge on any atom is -0.326 e. The lowest BCUT2D eigenvalue weighted by Crippen LogP contribution is -2.32. The molecular formula is C13H19FN2. The summed E-state index contributed by atoms with van der Waals surface area (Å²) >= 11 is 0. The minimum absolute atomic E-state index is 0.0566. The largest absolute Gasteiger partial charge is 0.326 e. The number of halogens is 1. The van der Waals surface area contributed by atoms with Gasteiger partial charge in [-0.3, -0.25) is 4.90 Å². The topological polar surface area (TPSA) is 29.3 Å². The van der Waals surface area contributed by atoms with Gasteiger partial charge in [-0.25, -0.2) is 4.39 Å². The molecule has 1 heterocycles. The summed E-state index contributed by atoms with van der Waals surface area (Å²) in [6, 6.07) is 7.10. The zero-order valence-electron chi connectivity index (χ0n) is 9.70. The van der Waals surface area contributed by atoms with Crippen molar-refractivity contribution < 1.29 is 4.39 Å². The molecule has 0 bridgehead atoms. The zero-order valence-corrected chi connectivity index (χ0v) is 9.70. The van der Waals surface area contributed by atoms with Crippen LogP contribution in [0.4, 0.5) is 4.39 Å². The summed E-state index contributed by atoms with van der Waals surface area (Å²) in [7, 11) is 0. The molecule has 0 saturated carbocycles. The van der Waals surface area contributed by atoms with Crippen LogP contribution in [0.5, 0.6) is 0 Å². The number of likely N-dealkylation sites (tertiary alicyclic amines) is 1. The van der Waals surface area contributed by atoms with E-state index in [0.29, 0.717) is 0 Å². The lowest BCUT2D eigenvalue weighted by molar-refractivity contribution is 0.243. The predicted molar refractivity (Wildman–Crippen MR) is 63.6 cm³/mol. The van der Waals surface area contributed by atoms with Gasteiger partial charge in [0.1, 0.15) is 5.82 Å². The molecule has 2 nitrogen and oxygen atoms in total. The molecule has 0 amide bonds. The van der Waals surface area contributed by atoms with Crippen LogP contribution < -0.4 is 5.73 Å². The summed E-state index contributed by atoms with van der Waals surface area (Å²) < 4.78 is 13.7. The van der Waals surface area contributed by atoms with Crippen molar-refractivity contribution in [2.45, 2.75) is 31.8 Å². The van der Waals surface area contributed by atoms with Crippen LogP contribution in [0.15, 0.2) is 24.3 Å². The molecule has 3 heteroatoms. The van der Waals surface area contributed by atoms with Gasteiger partial charge in [0.05, 0.1) is 6.04 Å². The lowest BCUT2D eigenvalue weighted by atomic mass is 10.00. The molecule has 2 N–H and O–H groups in total. The van der Waals surface area contributed by atoms with Gasteiger partial charge in [-0.15, -0.1) is 0 Å². The maximum absolute atomic E-state index is 13.7. The highest BCUT2D eigenvalue weighted by atomic mass is 19.1. The van der Waals surface area contributed by atoms with Gasteiger partial charge in [0, 0.05) is 18.2 Å². The fourth-order valence-electron chi connectivity index (χ4n) is 2.56. The summed E-state index contributed by atoms with van der Waals surface area (Å²) in [5, 5.41) is 0. The van der Waals surface area contributed by atoms with Gasteiger partial charge >= 0.3 is 0 Å². The Labute approximate surface area is 96.2 Å². The fraction of sp³-hybridized carbons (Fsp3) is 0.538. The zero-order chi connectivity index (χ0) is 11.5. The fourth-order valence-corrected chi connectivity index (χ4v) is 2.56. The van der Waals surface area contributed by atoms with Crippen molar-refractivity contribution in [2.24, 2.45) is 5.73 Å². The molecule has 1 aliphatic rings.